The van der Waals surface area contributed by atoms with E-state index in [1.807, 2.05) is 0 Å². The van der Waals surface area contributed by atoms with Gasteiger partial charge in [-0.3, -0.25) is 40.5 Å². The molecule has 0 bridgehead atoms. The van der Waals surface area contributed by atoms with E-state index in [0.29, 0.717) is 24.3 Å². The third-order valence-corrected chi connectivity index (χ3v) is 9.75. The Bertz CT molecular complexity index is 3040. The second-order valence-electron chi connectivity index (χ2n) is 12.0. The zero-order chi connectivity index (χ0) is 46.2. The molecular formula is C32H16CrN10Na3O18S2. The van der Waals surface area contributed by atoms with Crippen LogP contribution in [-0.2, 0) is 37.6 Å². The van der Waals surface area contributed by atoms with Crippen molar-refractivity contribution in [2.24, 2.45) is 20.5 Å². The summed E-state index contributed by atoms with van der Waals surface area (Å²) in [6.45, 7) is 0. The van der Waals surface area contributed by atoms with E-state index in [-0.39, 0.29) is 139 Å². The van der Waals surface area contributed by atoms with Gasteiger partial charge in [-0.2, -0.15) is 10.2 Å². The molecule has 0 aliphatic rings. The topological polar surface area (TPSA) is 481 Å². The van der Waals surface area contributed by atoms with E-state index in [1.54, 1.807) is 0 Å². The number of hydrogen-bond donors (Lipinski definition) is 2. The first-order valence-corrected chi connectivity index (χ1v) is 18.7. The first kappa shape index (κ1) is 58.8. The minimum absolute atomic E-state index is 0. The van der Waals surface area contributed by atoms with E-state index in [1.165, 1.54) is 36.4 Å². The van der Waals surface area contributed by atoms with Crippen molar-refractivity contribution in [3.05, 3.63) is 113 Å². The monoisotopic (exact) mass is 1010 g/mol. The van der Waals surface area contributed by atoms with Gasteiger partial charge in [0.2, 0.25) is 0 Å². The van der Waals surface area contributed by atoms with Crippen LogP contribution in [0, 0.1) is 40.5 Å². The minimum atomic E-state index is -5.24. The van der Waals surface area contributed by atoms with Gasteiger partial charge in [-0.15, -0.1) is 10.2 Å². The molecule has 6 aromatic carbocycles. The summed E-state index contributed by atoms with van der Waals surface area (Å²) in [5.41, 5.74) is 3.57. The molecule has 0 aliphatic carbocycles. The van der Waals surface area contributed by atoms with Crippen LogP contribution in [0.5, 0.6) is 23.0 Å². The second-order valence-corrected chi connectivity index (χ2v) is 14.7. The number of anilines is 2. The number of benzene rings is 6. The van der Waals surface area contributed by atoms with Crippen LogP contribution in [0.4, 0.5) is 56.9 Å². The van der Waals surface area contributed by atoms with Gasteiger partial charge in [-0.25, -0.2) is 16.8 Å². The van der Waals surface area contributed by atoms with Gasteiger partial charge in [-0.1, -0.05) is 23.6 Å². The molecule has 0 amide bonds. The Morgan fingerprint density at radius 3 is 1.05 bits per heavy atom. The number of hydrogen-bond acceptors (Lipinski definition) is 24. The number of nitro groups is 4. The zero-order valence-electron chi connectivity index (χ0n) is 33.2. The summed E-state index contributed by atoms with van der Waals surface area (Å²) < 4.78 is 69.7. The summed E-state index contributed by atoms with van der Waals surface area (Å²) >= 11 is 0. The summed E-state index contributed by atoms with van der Waals surface area (Å²) in [6, 6.07) is 11.3. The maximum absolute atomic E-state index is 12.7. The largest absolute Gasteiger partial charge is 3.00 e. The second kappa shape index (κ2) is 23.0. The van der Waals surface area contributed by atoms with Crippen molar-refractivity contribution < 1.29 is 172 Å². The van der Waals surface area contributed by atoms with Crippen molar-refractivity contribution in [1.82, 2.24) is 0 Å². The average molecular weight is 1010 g/mol. The van der Waals surface area contributed by atoms with Crippen molar-refractivity contribution in [1.29, 1.82) is 0 Å². The fraction of sp³-hybridized carbons (Fsp3) is 0. The molecular weight excluding hydrogens is 998 g/mol. The number of nitrogen functional groups attached to an aromatic ring is 2. The van der Waals surface area contributed by atoms with Crippen LogP contribution in [0.15, 0.2) is 103 Å². The van der Waals surface area contributed by atoms with E-state index in [0.717, 1.165) is 12.1 Å². The predicted octanol–water partition coefficient (Wildman–Crippen LogP) is -5.58. The zero-order valence-corrected chi connectivity index (χ0v) is 42.1. The normalized spacial score (nSPS) is 11.1. The van der Waals surface area contributed by atoms with Crippen LogP contribution >= 0.6 is 0 Å². The van der Waals surface area contributed by atoms with Gasteiger partial charge in [0, 0.05) is 35.0 Å². The van der Waals surface area contributed by atoms with Gasteiger partial charge in [0.05, 0.1) is 64.4 Å². The third kappa shape index (κ3) is 13.0. The summed E-state index contributed by atoms with van der Waals surface area (Å²) in [7, 11) is -10.5. The summed E-state index contributed by atoms with van der Waals surface area (Å²) in [5.74, 6) is -4.89. The van der Waals surface area contributed by atoms with E-state index in [2.05, 4.69) is 20.5 Å². The van der Waals surface area contributed by atoms with Gasteiger partial charge in [0.1, 0.15) is 20.2 Å². The molecule has 0 saturated carbocycles. The van der Waals surface area contributed by atoms with Crippen LogP contribution < -0.4 is 121 Å². The summed E-state index contributed by atoms with van der Waals surface area (Å²) in [4.78, 5) is 37.3. The third-order valence-electron chi connectivity index (χ3n) is 8.05. The predicted molar refractivity (Wildman–Crippen MR) is 198 cm³/mol. The number of nitrogens with zero attached hydrogens (tertiary/aromatic N) is 8. The Hall–Kier alpha value is -5.21. The Labute approximate surface area is 444 Å². The van der Waals surface area contributed by atoms with E-state index in [9.17, 15) is 86.8 Å². The Kier molecular flexibility index (Phi) is 20.5. The molecule has 0 aromatic heterocycles. The van der Waals surface area contributed by atoms with Crippen molar-refractivity contribution in [3.8, 4) is 23.0 Å². The number of non-ortho nitro benzene ring substituents is 2. The van der Waals surface area contributed by atoms with Gasteiger partial charge in [-0.05, 0) is 57.9 Å². The molecule has 6 aromatic rings. The molecule has 0 spiro atoms. The first-order chi connectivity index (χ1) is 28.8. The Balaban J connectivity index is 0.000000622. The molecule has 4 N–H and O–H groups in total. The van der Waals surface area contributed by atoms with Crippen molar-refractivity contribution >= 4 is 98.7 Å². The molecule has 66 heavy (non-hydrogen) atoms. The molecule has 34 heteroatoms. The average Bonchev–Trinajstić information content (AvgIpc) is 3.17. The van der Waals surface area contributed by atoms with Crippen LogP contribution in [0.2, 0.25) is 0 Å². The first-order valence-electron chi connectivity index (χ1n) is 15.9. The number of fused-ring (bicyclic) bond motifs is 2. The molecule has 0 unspecified atom stereocenters. The molecule has 323 valence electrons. The molecule has 1 radical (unpaired) electrons. The summed E-state index contributed by atoms with van der Waals surface area (Å²) in [5, 5.41) is 107. The maximum atomic E-state index is 12.7. The van der Waals surface area contributed by atoms with Gasteiger partial charge in [0.15, 0.2) is 0 Å². The summed E-state index contributed by atoms with van der Waals surface area (Å²) in [6.07, 6.45) is 0. The van der Waals surface area contributed by atoms with Crippen LogP contribution in [0.3, 0.4) is 0 Å². The fourth-order valence-corrected chi connectivity index (χ4v) is 6.55. The van der Waals surface area contributed by atoms with Crippen LogP contribution in [0.1, 0.15) is 0 Å². The molecule has 0 heterocycles. The van der Waals surface area contributed by atoms with Crippen molar-refractivity contribution in [3.63, 3.8) is 0 Å². The van der Waals surface area contributed by atoms with Crippen molar-refractivity contribution in [2.75, 3.05) is 11.5 Å². The number of azo groups is 2. The van der Waals surface area contributed by atoms with Crippen molar-refractivity contribution in [2.45, 2.75) is 9.79 Å². The molecule has 0 atom stereocenters. The SMILES string of the molecule is Nc1ccc2cc(S(=O)(=O)[O-])c(N=Nc3cc([N+](=O)[O-])cc([N+](=O)[O-])c3[O-])c([O-])c2c1.Nc1ccc2cc(S(=O)(=O)[O-])c(N=Nc3cc([N+](=O)[O-])cc([N+](=O)[O-])c3[O-])c([O-])c2c1.[Cr+3].[Na+].[Na+].[Na+]. The maximum Gasteiger partial charge on any atom is 3.00 e. The fourth-order valence-electron chi connectivity index (χ4n) is 5.27. The Morgan fingerprint density at radius 1 is 0.455 bits per heavy atom. The van der Waals surface area contributed by atoms with E-state index < -0.39 is 118 Å². The van der Waals surface area contributed by atoms with Gasteiger partial charge >= 0.3 is 106 Å². The smallest absolute Gasteiger partial charge is 0.871 e. The van der Waals surface area contributed by atoms with E-state index in [4.69, 9.17) is 11.5 Å². The number of nitrogens with two attached hydrogens (primary N) is 2. The molecule has 0 aliphatic heterocycles. The minimum Gasteiger partial charge on any atom is -0.871 e. The molecule has 6 rings (SSSR count). The number of nitro benzene ring substituents is 4. The van der Waals surface area contributed by atoms with Gasteiger partial charge < -0.3 is 41.0 Å². The molecule has 0 fully saturated rings. The van der Waals surface area contributed by atoms with Crippen LogP contribution in [-0.4, -0.2) is 45.6 Å². The molecule has 28 nitrogen and oxygen atoms in total. The van der Waals surface area contributed by atoms with Gasteiger partial charge in [0.25, 0.3) is 22.7 Å². The Morgan fingerprint density at radius 2 is 0.773 bits per heavy atom. The molecule has 0 saturated heterocycles. The van der Waals surface area contributed by atoms with Crippen LogP contribution in [0.25, 0.3) is 21.5 Å². The quantitative estimate of drug-likeness (QED) is 0.0323. The van der Waals surface area contributed by atoms with E-state index >= 15 is 0 Å². The standard InChI is InChI=1S/2C16H11N5O9S.Cr.3Na/c2*17-8-2-1-7-3-13(31(28,29)30)14(15(22)10(7)4-8)19-18-11-5-9(20(24)25)6-12(16(11)23)21(26)27;;;;/h2*1-6,22-23H,17H2,(H,28,29,30);;;;/q;;+3;3*+1/p-6. The number of rotatable bonds is 10.